The number of aromatic nitrogens is 1. The molecule has 0 bridgehead atoms. The number of halogens is 1. The van der Waals surface area contributed by atoms with Gasteiger partial charge in [0.15, 0.2) is 0 Å². The summed E-state index contributed by atoms with van der Waals surface area (Å²) >= 11 is 0. The SMILES string of the molecule is CCN1CCN(C(=O)C[C@H](c2ccc(OC)cc2)c2cn(Cc3ccc(F)cc3)c3ccccc23)CC1. The lowest BCUT2D eigenvalue weighted by Crippen LogP contribution is -2.48. The normalized spacial score (nSPS) is 15.2. The molecule has 0 N–H and O–H groups in total. The quantitative estimate of drug-likeness (QED) is 0.320. The Morgan fingerprint density at radius 2 is 1.65 bits per heavy atom. The summed E-state index contributed by atoms with van der Waals surface area (Å²) in [4.78, 5) is 18.0. The summed E-state index contributed by atoms with van der Waals surface area (Å²) in [5, 5.41) is 1.13. The van der Waals surface area contributed by atoms with Crippen molar-refractivity contribution in [1.82, 2.24) is 14.4 Å². The molecule has 0 radical (unpaired) electrons. The molecule has 1 amide bonds. The van der Waals surface area contributed by atoms with Crippen molar-refractivity contribution in [1.29, 1.82) is 0 Å². The third kappa shape index (κ3) is 5.54. The van der Waals surface area contributed by atoms with Crippen molar-refractivity contribution in [3.05, 3.63) is 102 Å². The molecular weight excluding hydrogens is 465 g/mol. The number of nitrogens with zero attached hydrogens (tertiary/aromatic N) is 3. The van der Waals surface area contributed by atoms with E-state index >= 15 is 0 Å². The molecule has 1 atom stereocenters. The fourth-order valence-electron chi connectivity index (χ4n) is 5.33. The Morgan fingerprint density at radius 3 is 2.32 bits per heavy atom. The summed E-state index contributed by atoms with van der Waals surface area (Å²) in [6.07, 6.45) is 2.58. The lowest BCUT2D eigenvalue weighted by atomic mass is 9.87. The van der Waals surface area contributed by atoms with Gasteiger partial charge in [0.2, 0.25) is 5.91 Å². The van der Waals surface area contributed by atoms with Crippen LogP contribution in [0.5, 0.6) is 5.75 Å². The van der Waals surface area contributed by atoms with Crippen molar-refractivity contribution in [2.45, 2.75) is 25.8 Å². The van der Waals surface area contributed by atoms with E-state index in [1.807, 2.05) is 41.3 Å². The Hall–Kier alpha value is -3.64. The fourth-order valence-corrected chi connectivity index (χ4v) is 5.33. The Bertz CT molecular complexity index is 1340. The van der Waals surface area contributed by atoms with Crippen LogP contribution in [0.3, 0.4) is 0 Å². The summed E-state index contributed by atoms with van der Waals surface area (Å²) in [6, 6.07) is 23.0. The third-order valence-electron chi connectivity index (χ3n) is 7.53. The lowest BCUT2D eigenvalue weighted by Gasteiger charge is -2.34. The standard InChI is InChI=1S/C31H34FN3O2/c1-3-33-16-18-34(19-17-33)31(36)20-28(24-10-14-26(37-2)15-11-24)29-22-35(30-7-5-4-6-27(29)30)21-23-8-12-25(32)13-9-23/h4-15,22,28H,3,16-21H2,1-2H3/t28-/m1/s1. The maximum absolute atomic E-state index is 13.6. The van der Waals surface area contributed by atoms with Crippen LogP contribution in [-0.4, -0.2) is 60.1 Å². The maximum atomic E-state index is 13.6. The van der Waals surface area contributed by atoms with E-state index in [1.165, 1.54) is 12.1 Å². The molecule has 1 aliphatic heterocycles. The third-order valence-corrected chi connectivity index (χ3v) is 7.53. The van der Waals surface area contributed by atoms with Crippen LogP contribution < -0.4 is 4.74 Å². The molecule has 0 aliphatic carbocycles. The number of carbonyl (C=O) groups excluding carboxylic acids is 1. The highest BCUT2D eigenvalue weighted by Crippen LogP contribution is 2.36. The number of likely N-dealkylation sites (N-methyl/N-ethyl adjacent to an activating group) is 1. The molecule has 4 aromatic rings. The number of methoxy groups -OCH3 is 1. The molecule has 1 aromatic heterocycles. The zero-order valence-electron chi connectivity index (χ0n) is 21.6. The average molecular weight is 500 g/mol. The van der Waals surface area contributed by atoms with E-state index in [4.69, 9.17) is 4.74 Å². The monoisotopic (exact) mass is 499 g/mol. The first-order valence-electron chi connectivity index (χ1n) is 13.0. The van der Waals surface area contributed by atoms with E-state index in [2.05, 4.69) is 46.9 Å². The molecule has 5 rings (SSSR count). The van der Waals surface area contributed by atoms with E-state index in [1.54, 1.807) is 7.11 Å². The van der Waals surface area contributed by atoms with Crippen molar-refractivity contribution < 1.29 is 13.9 Å². The first-order valence-corrected chi connectivity index (χ1v) is 13.0. The van der Waals surface area contributed by atoms with E-state index < -0.39 is 0 Å². The van der Waals surface area contributed by atoms with E-state index in [9.17, 15) is 9.18 Å². The molecule has 1 saturated heterocycles. The smallest absolute Gasteiger partial charge is 0.223 e. The van der Waals surface area contributed by atoms with Gasteiger partial charge in [0.1, 0.15) is 11.6 Å². The van der Waals surface area contributed by atoms with Crippen LogP contribution in [0.4, 0.5) is 4.39 Å². The lowest BCUT2D eigenvalue weighted by molar-refractivity contribution is -0.133. The zero-order chi connectivity index (χ0) is 25.8. The van der Waals surface area contributed by atoms with Crippen molar-refractivity contribution >= 4 is 16.8 Å². The van der Waals surface area contributed by atoms with Gasteiger partial charge in [0, 0.05) is 62.2 Å². The van der Waals surface area contributed by atoms with Crippen molar-refractivity contribution in [3.8, 4) is 5.75 Å². The van der Waals surface area contributed by atoms with Gasteiger partial charge in [-0.3, -0.25) is 4.79 Å². The second-order valence-electron chi connectivity index (χ2n) is 9.70. The van der Waals surface area contributed by atoms with E-state index in [0.717, 1.165) is 66.1 Å². The number of carbonyl (C=O) groups is 1. The highest BCUT2D eigenvalue weighted by atomic mass is 19.1. The molecule has 1 aliphatic rings. The van der Waals surface area contributed by atoms with Crippen LogP contribution in [0, 0.1) is 5.82 Å². The Morgan fingerprint density at radius 1 is 0.946 bits per heavy atom. The summed E-state index contributed by atoms with van der Waals surface area (Å²) in [5.41, 5.74) is 4.35. The Balaban J connectivity index is 1.51. The van der Waals surface area contributed by atoms with Gasteiger partial charge in [-0.2, -0.15) is 0 Å². The highest BCUT2D eigenvalue weighted by molar-refractivity contribution is 5.87. The van der Waals surface area contributed by atoms with Gasteiger partial charge in [-0.05, 0) is 53.6 Å². The van der Waals surface area contributed by atoms with Gasteiger partial charge < -0.3 is 19.1 Å². The van der Waals surface area contributed by atoms with Gasteiger partial charge in [0.25, 0.3) is 0 Å². The first-order chi connectivity index (χ1) is 18.1. The number of benzene rings is 3. The highest BCUT2D eigenvalue weighted by Gasteiger charge is 2.27. The van der Waals surface area contributed by atoms with Gasteiger partial charge in [-0.25, -0.2) is 4.39 Å². The topological polar surface area (TPSA) is 37.7 Å². The molecule has 0 saturated carbocycles. The Labute approximate surface area is 218 Å². The summed E-state index contributed by atoms with van der Waals surface area (Å²) < 4.78 is 21.1. The number of rotatable bonds is 8. The molecular formula is C31H34FN3O2. The van der Waals surface area contributed by atoms with Crippen LogP contribution in [0.25, 0.3) is 10.9 Å². The van der Waals surface area contributed by atoms with Gasteiger partial charge in [-0.15, -0.1) is 0 Å². The number of piperazine rings is 1. The molecule has 37 heavy (non-hydrogen) atoms. The molecule has 3 aromatic carbocycles. The number of amides is 1. The minimum Gasteiger partial charge on any atom is -0.497 e. The number of para-hydroxylation sites is 1. The number of hydrogen-bond acceptors (Lipinski definition) is 3. The maximum Gasteiger partial charge on any atom is 0.223 e. The molecule has 0 spiro atoms. The summed E-state index contributed by atoms with van der Waals surface area (Å²) in [6.45, 7) is 7.20. The average Bonchev–Trinajstić information content (AvgIpc) is 3.31. The summed E-state index contributed by atoms with van der Waals surface area (Å²) in [7, 11) is 1.66. The molecule has 6 heteroatoms. The van der Waals surface area contributed by atoms with Crippen LogP contribution in [-0.2, 0) is 11.3 Å². The first kappa shape index (κ1) is 25.0. The van der Waals surface area contributed by atoms with Gasteiger partial charge >= 0.3 is 0 Å². The van der Waals surface area contributed by atoms with E-state index in [0.29, 0.717) is 13.0 Å². The van der Waals surface area contributed by atoms with Crippen molar-refractivity contribution in [3.63, 3.8) is 0 Å². The molecule has 1 fully saturated rings. The number of fused-ring (bicyclic) bond motifs is 1. The minimum absolute atomic E-state index is 0.0954. The Kier molecular flexibility index (Phi) is 7.56. The minimum atomic E-state index is -0.236. The molecule has 192 valence electrons. The van der Waals surface area contributed by atoms with Gasteiger partial charge in [-0.1, -0.05) is 49.4 Å². The van der Waals surface area contributed by atoms with E-state index in [-0.39, 0.29) is 17.6 Å². The second-order valence-corrected chi connectivity index (χ2v) is 9.70. The largest absolute Gasteiger partial charge is 0.497 e. The predicted octanol–water partition coefficient (Wildman–Crippen LogP) is 5.52. The molecule has 2 heterocycles. The zero-order valence-corrected chi connectivity index (χ0v) is 21.6. The van der Waals surface area contributed by atoms with Crippen molar-refractivity contribution in [2.75, 3.05) is 39.8 Å². The number of hydrogen-bond donors (Lipinski definition) is 0. The van der Waals surface area contributed by atoms with Crippen molar-refractivity contribution in [2.24, 2.45) is 0 Å². The van der Waals surface area contributed by atoms with Gasteiger partial charge in [0.05, 0.1) is 7.11 Å². The van der Waals surface area contributed by atoms with Crippen LogP contribution in [0.1, 0.15) is 36.0 Å². The predicted molar refractivity (Wildman–Crippen MR) is 146 cm³/mol. The fraction of sp³-hybridized carbons (Fsp3) is 0.323. The summed E-state index contributed by atoms with van der Waals surface area (Å²) in [5.74, 6) is 0.650. The van der Waals surface area contributed by atoms with Crippen LogP contribution in [0.2, 0.25) is 0 Å². The van der Waals surface area contributed by atoms with Crippen LogP contribution in [0.15, 0.2) is 79.0 Å². The number of ether oxygens (including phenoxy) is 1. The second kappa shape index (κ2) is 11.2. The molecule has 0 unspecified atom stereocenters. The van der Waals surface area contributed by atoms with Crippen LogP contribution >= 0.6 is 0 Å². The molecule has 5 nitrogen and oxygen atoms in total.